The van der Waals surface area contributed by atoms with Crippen molar-refractivity contribution in [1.82, 2.24) is 4.98 Å². The molecule has 0 amide bonds. The first-order valence-electron chi connectivity index (χ1n) is 10.9. The van der Waals surface area contributed by atoms with E-state index in [0.29, 0.717) is 0 Å². The lowest BCUT2D eigenvalue weighted by Gasteiger charge is -2.26. The number of Topliss-reactive ketones (excluding diaryl/α,β-unsaturated/α-hetero) is 1. The summed E-state index contributed by atoms with van der Waals surface area (Å²) in [6.07, 6.45) is 0.784. The highest BCUT2D eigenvalue weighted by atomic mass is 16.5. The summed E-state index contributed by atoms with van der Waals surface area (Å²) >= 11 is 0. The Morgan fingerprint density at radius 2 is 1.61 bits per heavy atom. The van der Waals surface area contributed by atoms with Crippen LogP contribution in [0.5, 0.6) is 11.5 Å². The van der Waals surface area contributed by atoms with Crippen molar-refractivity contribution in [2.45, 2.75) is 39.2 Å². The van der Waals surface area contributed by atoms with Gasteiger partial charge in [0, 0.05) is 24.6 Å². The molecule has 1 N–H and O–H groups in total. The number of rotatable bonds is 9. The van der Waals surface area contributed by atoms with Crippen molar-refractivity contribution in [3.8, 4) is 11.5 Å². The maximum Gasteiger partial charge on any atom is 0.309 e. The predicted octanol–water partition coefficient (Wildman–Crippen LogP) is 5.08. The third-order valence-corrected chi connectivity index (χ3v) is 5.63. The van der Waals surface area contributed by atoms with Gasteiger partial charge in [-0.3, -0.25) is 9.59 Å². The number of esters is 1. The van der Waals surface area contributed by atoms with Gasteiger partial charge in [-0.15, -0.1) is 0 Å². The Hall–Kier alpha value is -3.67. The Morgan fingerprint density at radius 1 is 0.970 bits per heavy atom. The van der Waals surface area contributed by atoms with E-state index in [1.807, 2.05) is 68.4 Å². The van der Waals surface area contributed by atoms with Gasteiger partial charge in [0.05, 0.1) is 13.0 Å². The van der Waals surface area contributed by atoms with Crippen molar-refractivity contribution in [1.29, 1.82) is 0 Å². The largest absolute Gasteiger partial charge is 0.503 e. The van der Waals surface area contributed by atoms with E-state index in [9.17, 15) is 14.7 Å². The molecule has 172 valence electrons. The summed E-state index contributed by atoms with van der Waals surface area (Å²) in [5.41, 5.74) is 3.11. The van der Waals surface area contributed by atoms with Gasteiger partial charge in [0.1, 0.15) is 6.10 Å². The number of hydrogen-bond donors (Lipinski definition) is 1. The molecule has 6 nitrogen and oxygen atoms in total. The summed E-state index contributed by atoms with van der Waals surface area (Å²) in [5.74, 6) is -1.97. The molecule has 0 aliphatic heterocycles. The van der Waals surface area contributed by atoms with Crippen molar-refractivity contribution in [3.63, 3.8) is 0 Å². The number of hydrogen-bond acceptors (Lipinski definition) is 6. The molecular weight excluding hydrogens is 418 g/mol. The monoisotopic (exact) mass is 447 g/mol. The third kappa shape index (κ3) is 5.77. The Kier molecular flexibility index (Phi) is 7.83. The Bertz CT molecular complexity index is 1100. The SMILES string of the molecule is COc1ccnc(C(=O)C[C@@H](C)C(=O)O[C@@H](C)[C@H](c2ccccc2)c2ccc(C)cc2)c1O. The van der Waals surface area contributed by atoms with Gasteiger partial charge >= 0.3 is 5.97 Å². The smallest absolute Gasteiger partial charge is 0.309 e. The molecule has 3 rings (SSSR count). The van der Waals surface area contributed by atoms with Gasteiger partial charge in [-0.05, 0) is 25.0 Å². The van der Waals surface area contributed by atoms with Gasteiger partial charge in [0.15, 0.2) is 23.0 Å². The molecule has 0 saturated heterocycles. The number of aromatic nitrogens is 1. The van der Waals surface area contributed by atoms with Crippen LogP contribution in [0.15, 0.2) is 66.9 Å². The number of aryl methyl sites for hydroxylation is 1. The van der Waals surface area contributed by atoms with Crippen LogP contribution in [-0.2, 0) is 9.53 Å². The first kappa shape index (κ1) is 24.0. The van der Waals surface area contributed by atoms with Crippen LogP contribution in [0.2, 0.25) is 0 Å². The van der Waals surface area contributed by atoms with Crippen LogP contribution in [0.4, 0.5) is 0 Å². The van der Waals surface area contributed by atoms with E-state index in [1.165, 1.54) is 19.4 Å². The van der Waals surface area contributed by atoms with Gasteiger partial charge in [0.2, 0.25) is 0 Å². The van der Waals surface area contributed by atoms with Crippen molar-refractivity contribution in [2.75, 3.05) is 7.11 Å². The molecule has 0 aliphatic rings. The van der Waals surface area contributed by atoms with Crippen molar-refractivity contribution >= 4 is 11.8 Å². The number of aromatic hydroxyl groups is 1. The molecule has 0 radical (unpaired) electrons. The first-order chi connectivity index (χ1) is 15.8. The molecule has 0 bridgehead atoms. The van der Waals surface area contributed by atoms with E-state index >= 15 is 0 Å². The fourth-order valence-electron chi connectivity index (χ4n) is 3.80. The summed E-state index contributed by atoms with van der Waals surface area (Å²) in [6, 6.07) is 19.5. The van der Waals surface area contributed by atoms with E-state index in [0.717, 1.165) is 16.7 Å². The molecule has 0 spiro atoms. The van der Waals surface area contributed by atoms with Crippen LogP contribution in [0.1, 0.15) is 53.4 Å². The maximum atomic E-state index is 12.9. The number of methoxy groups -OCH3 is 1. The number of carbonyl (C=O) groups excluding carboxylic acids is 2. The molecule has 33 heavy (non-hydrogen) atoms. The Morgan fingerprint density at radius 3 is 2.24 bits per heavy atom. The summed E-state index contributed by atoms with van der Waals surface area (Å²) in [4.78, 5) is 29.5. The molecule has 0 fully saturated rings. The van der Waals surface area contributed by atoms with E-state index in [2.05, 4.69) is 4.98 Å². The van der Waals surface area contributed by atoms with Gasteiger partial charge < -0.3 is 14.6 Å². The average molecular weight is 448 g/mol. The number of nitrogens with zero attached hydrogens (tertiary/aromatic N) is 1. The lowest BCUT2D eigenvalue weighted by atomic mass is 9.86. The third-order valence-electron chi connectivity index (χ3n) is 5.63. The predicted molar refractivity (Wildman–Crippen MR) is 126 cm³/mol. The normalized spacial score (nSPS) is 13.6. The zero-order valence-corrected chi connectivity index (χ0v) is 19.3. The molecule has 3 atom stereocenters. The molecular formula is C27H29NO5. The minimum absolute atomic E-state index is 0.121. The van der Waals surface area contributed by atoms with Crippen LogP contribution < -0.4 is 4.74 Å². The van der Waals surface area contributed by atoms with Gasteiger partial charge in [-0.2, -0.15) is 0 Å². The fourth-order valence-corrected chi connectivity index (χ4v) is 3.80. The lowest BCUT2D eigenvalue weighted by molar-refractivity contribution is -0.153. The first-order valence-corrected chi connectivity index (χ1v) is 10.9. The number of ether oxygens (including phenoxy) is 2. The van der Waals surface area contributed by atoms with Crippen LogP contribution in [0.25, 0.3) is 0 Å². The topological polar surface area (TPSA) is 85.7 Å². The fraction of sp³-hybridized carbons (Fsp3) is 0.296. The maximum absolute atomic E-state index is 12.9. The zero-order chi connectivity index (χ0) is 24.0. The van der Waals surface area contributed by atoms with Crippen LogP contribution in [0.3, 0.4) is 0 Å². The molecule has 0 saturated carbocycles. The zero-order valence-electron chi connectivity index (χ0n) is 19.3. The molecule has 0 aliphatic carbocycles. The average Bonchev–Trinajstić information content (AvgIpc) is 2.81. The second-order valence-corrected chi connectivity index (χ2v) is 8.18. The Balaban J connectivity index is 1.74. The summed E-state index contributed by atoms with van der Waals surface area (Å²) in [7, 11) is 1.39. The lowest BCUT2D eigenvalue weighted by Crippen LogP contribution is -2.28. The minimum Gasteiger partial charge on any atom is -0.503 e. The molecule has 1 heterocycles. The molecule has 6 heteroatoms. The number of carbonyl (C=O) groups is 2. The molecule has 2 aromatic carbocycles. The summed E-state index contributed by atoms with van der Waals surface area (Å²) in [6.45, 7) is 5.52. The standard InChI is InChI=1S/C27H29NO5/c1-17-10-12-21(13-11-17)24(20-8-6-5-7-9-20)19(3)33-27(31)18(2)16-22(29)25-26(30)23(32-4)14-15-28-25/h5-15,18-19,24,30H,16H2,1-4H3/t18-,19+,24-/m1/s1. The second-order valence-electron chi connectivity index (χ2n) is 8.18. The quantitative estimate of drug-likeness (QED) is 0.364. The summed E-state index contributed by atoms with van der Waals surface area (Å²) < 4.78 is 10.9. The van der Waals surface area contributed by atoms with Gasteiger partial charge in [0.25, 0.3) is 0 Å². The van der Waals surface area contributed by atoms with Crippen LogP contribution >= 0.6 is 0 Å². The number of benzene rings is 2. The second kappa shape index (κ2) is 10.8. The van der Waals surface area contributed by atoms with Crippen molar-refractivity contribution in [2.24, 2.45) is 5.92 Å². The van der Waals surface area contributed by atoms with Gasteiger partial charge in [-0.1, -0.05) is 67.1 Å². The Labute approximate surface area is 194 Å². The van der Waals surface area contributed by atoms with E-state index in [-0.39, 0.29) is 29.5 Å². The molecule has 0 unspecified atom stereocenters. The summed E-state index contributed by atoms with van der Waals surface area (Å²) in [5, 5.41) is 10.2. The highest BCUT2D eigenvalue weighted by molar-refractivity contribution is 5.99. The number of ketones is 1. The van der Waals surface area contributed by atoms with Crippen molar-refractivity contribution < 1.29 is 24.2 Å². The van der Waals surface area contributed by atoms with E-state index in [4.69, 9.17) is 9.47 Å². The van der Waals surface area contributed by atoms with Crippen LogP contribution in [-0.4, -0.2) is 35.1 Å². The molecule has 3 aromatic rings. The minimum atomic E-state index is -0.707. The van der Waals surface area contributed by atoms with Crippen LogP contribution in [0, 0.1) is 12.8 Å². The highest BCUT2D eigenvalue weighted by Crippen LogP contribution is 2.32. The van der Waals surface area contributed by atoms with Crippen molar-refractivity contribution in [3.05, 3.63) is 89.2 Å². The van der Waals surface area contributed by atoms with Gasteiger partial charge in [-0.25, -0.2) is 4.98 Å². The van der Waals surface area contributed by atoms with E-state index in [1.54, 1.807) is 6.92 Å². The number of pyridine rings is 1. The van der Waals surface area contributed by atoms with E-state index < -0.39 is 23.8 Å². The highest BCUT2D eigenvalue weighted by Gasteiger charge is 2.28. The molecule has 1 aromatic heterocycles.